The molecule has 0 bridgehead atoms. The van der Waals surface area contributed by atoms with E-state index in [9.17, 15) is 0 Å². The Morgan fingerprint density at radius 3 is 1.26 bits per heavy atom. The van der Waals surface area contributed by atoms with Crippen LogP contribution in [0.25, 0.3) is 0 Å². The summed E-state index contributed by atoms with van der Waals surface area (Å²) < 4.78 is 0. The first-order chi connectivity index (χ1) is 37.9. The lowest BCUT2D eigenvalue weighted by atomic mass is 9.61. The number of hydrogen-bond acceptors (Lipinski definition) is 0. The van der Waals surface area contributed by atoms with Gasteiger partial charge in [-0.2, -0.15) is 0 Å². The summed E-state index contributed by atoms with van der Waals surface area (Å²) in [4.78, 5) is 0. The minimum Gasteiger partial charge on any atom is -0.0999 e. The van der Waals surface area contributed by atoms with Crippen LogP contribution < -0.4 is 0 Å². The Kier molecular flexibility index (Phi) is 42.6. The van der Waals surface area contributed by atoms with Gasteiger partial charge in [-0.3, -0.25) is 0 Å². The van der Waals surface area contributed by atoms with E-state index in [1.807, 2.05) is 0 Å². The fourth-order valence-electron chi connectivity index (χ4n) is 12.6. The second-order valence-electron chi connectivity index (χ2n) is 36.8. The van der Waals surface area contributed by atoms with E-state index in [-0.39, 0.29) is 0 Å². The van der Waals surface area contributed by atoms with Crippen molar-refractivity contribution in [2.75, 3.05) is 0 Å². The third-order valence-corrected chi connectivity index (χ3v) is 18.5. The van der Waals surface area contributed by atoms with Crippen molar-refractivity contribution in [3.63, 3.8) is 0 Å². The van der Waals surface area contributed by atoms with E-state index >= 15 is 0 Å². The summed E-state index contributed by atoms with van der Waals surface area (Å²) in [6.45, 7) is 86.9. The van der Waals surface area contributed by atoms with Crippen LogP contribution in [-0.4, -0.2) is 0 Å². The van der Waals surface area contributed by atoms with E-state index in [0.717, 1.165) is 53.3 Å². The lowest BCUT2D eigenvalue weighted by Crippen LogP contribution is -2.36. The van der Waals surface area contributed by atoms with Crippen LogP contribution in [0, 0.1) is 97.6 Å². The fraction of sp³-hybridized carbons (Fsp3) is 0.833. The molecule has 84 heavy (non-hydrogen) atoms. The van der Waals surface area contributed by atoms with Gasteiger partial charge in [0, 0.05) is 0 Å². The first-order valence-electron chi connectivity index (χ1n) is 35.5. The molecule has 9 unspecified atom stereocenters. The third-order valence-electron chi connectivity index (χ3n) is 18.5. The Balaban J connectivity index is -0.000000937. The van der Waals surface area contributed by atoms with E-state index in [4.69, 9.17) is 0 Å². The molecule has 0 heteroatoms. The molecular formula is C84H160. The molecule has 2 saturated carbocycles. The summed E-state index contributed by atoms with van der Waals surface area (Å²) in [5.41, 5.74) is 12.9. The van der Waals surface area contributed by atoms with Crippen LogP contribution in [0.15, 0.2) is 82.5 Å². The third kappa shape index (κ3) is 47.2. The van der Waals surface area contributed by atoms with Crippen LogP contribution in [0.4, 0.5) is 0 Å². The predicted molar refractivity (Wildman–Crippen MR) is 392 cm³/mol. The molecule has 0 aromatic heterocycles. The molecule has 0 aromatic rings. The summed E-state index contributed by atoms with van der Waals surface area (Å²) in [7, 11) is 0. The Hall–Kier alpha value is -1.82. The first-order valence-corrected chi connectivity index (χ1v) is 35.5. The average molecular weight is 1170 g/mol. The normalized spacial score (nSPS) is 23.0. The van der Waals surface area contributed by atoms with Gasteiger partial charge in [-0.1, -0.05) is 294 Å². The molecule has 3 aliphatic carbocycles. The van der Waals surface area contributed by atoms with Crippen LogP contribution in [0.3, 0.4) is 0 Å². The van der Waals surface area contributed by atoms with Crippen LogP contribution in [0.2, 0.25) is 0 Å². The zero-order chi connectivity index (χ0) is 66.4. The second-order valence-corrected chi connectivity index (χ2v) is 36.8. The molecule has 0 aliphatic heterocycles. The van der Waals surface area contributed by atoms with E-state index in [0.29, 0.717) is 44.3 Å². The highest BCUT2D eigenvalue weighted by Crippen LogP contribution is 2.48. The Labute approximate surface area is 534 Å². The molecule has 0 radical (unpaired) electrons. The lowest BCUT2D eigenvalue weighted by Gasteiger charge is -2.44. The first kappa shape index (κ1) is 86.4. The molecule has 0 aromatic carbocycles. The summed E-state index contributed by atoms with van der Waals surface area (Å²) in [6, 6.07) is 0. The van der Waals surface area contributed by atoms with Gasteiger partial charge in [0.15, 0.2) is 0 Å². The maximum atomic E-state index is 4.17. The van der Waals surface area contributed by atoms with Gasteiger partial charge in [-0.15, -0.1) is 0 Å². The largest absolute Gasteiger partial charge is 0.0999 e. The van der Waals surface area contributed by atoms with Gasteiger partial charge in [0.2, 0.25) is 0 Å². The SMILES string of the molecule is C=C(C)C1CCC(C)=CC1C(C)(C)C.C=C(C)C1CCC(C)CC1C(C)(C)C.CC(C)=CCC/C(C)=C/CC(C)(C)C.CC(C)=CCC/C(C)=C\CC(C)(C)C.CC(C)CCCC(C)CCC(C)(C)C.CC1CCC(C(C)C)C(C(C)(C)C)C1. The van der Waals surface area contributed by atoms with Crippen molar-refractivity contribution < 1.29 is 0 Å². The van der Waals surface area contributed by atoms with Crippen LogP contribution in [-0.2, 0) is 0 Å². The fourth-order valence-corrected chi connectivity index (χ4v) is 12.6. The molecule has 2 fully saturated rings. The molecule has 496 valence electrons. The molecule has 3 aliphatic rings. The van der Waals surface area contributed by atoms with Crippen LogP contribution in [0.1, 0.15) is 357 Å². The molecule has 0 nitrogen and oxygen atoms in total. The Morgan fingerprint density at radius 2 is 0.917 bits per heavy atom. The van der Waals surface area contributed by atoms with Crippen molar-refractivity contribution in [3.8, 4) is 0 Å². The maximum Gasteiger partial charge on any atom is -0.0117 e. The minimum absolute atomic E-state index is 0.366. The topological polar surface area (TPSA) is 0 Å². The maximum absolute atomic E-state index is 4.17. The molecule has 0 spiro atoms. The number of allylic oxidation sites excluding steroid dienone is 12. The van der Waals surface area contributed by atoms with E-state index in [1.165, 1.54) is 155 Å². The van der Waals surface area contributed by atoms with Crippen molar-refractivity contribution in [3.05, 3.63) is 82.5 Å². The molecule has 9 atom stereocenters. The molecular weight excluding hydrogens is 1010 g/mol. The van der Waals surface area contributed by atoms with Crippen molar-refractivity contribution in [2.24, 2.45) is 97.6 Å². The molecule has 0 heterocycles. The van der Waals surface area contributed by atoms with E-state index in [2.05, 4.69) is 279 Å². The predicted octanol–water partition coefficient (Wildman–Crippen LogP) is 29.5. The van der Waals surface area contributed by atoms with Crippen molar-refractivity contribution in [1.29, 1.82) is 0 Å². The zero-order valence-corrected chi connectivity index (χ0v) is 64.6. The van der Waals surface area contributed by atoms with Crippen molar-refractivity contribution >= 4 is 0 Å². The minimum atomic E-state index is 0.366. The van der Waals surface area contributed by atoms with Crippen LogP contribution in [0.5, 0.6) is 0 Å². The summed E-state index contributed by atoms with van der Waals surface area (Å²) in [6.07, 6.45) is 37.1. The van der Waals surface area contributed by atoms with Gasteiger partial charge in [0.25, 0.3) is 0 Å². The van der Waals surface area contributed by atoms with E-state index < -0.39 is 0 Å². The highest BCUT2D eigenvalue weighted by atomic mass is 14.4. The van der Waals surface area contributed by atoms with E-state index in [1.54, 1.807) is 5.57 Å². The Bertz CT molecular complexity index is 1840. The van der Waals surface area contributed by atoms with Crippen molar-refractivity contribution in [2.45, 2.75) is 357 Å². The second kappa shape index (κ2) is 41.5. The highest BCUT2D eigenvalue weighted by molar-refractivity contribution is 5.16. The monoisotopic (exact) mass is 1170 g/mol. The average Bonchev–Trinajstić information content (AvgIpc) is 3.54. The molecule has 3 rings (SSSR count). The number of hydrogen-bond donors (Lipinski definition) is 0. The summed E-state index contributed by atoms with van der Waals surface area (Å²) in [5.74, 6) is 9.41. The van der Waals surface area contributed by atoms with Crippen molar-refractivity contribution in [1.82, 2.24) is 0 Å². The van der Waals surface area contributed by atoms with Gasteiger partial charge in [0.1, 0.15) is 0 Å². The summed E-state index contributed by atoms with van der Waals surface area (Å²) >= 11 is 0. The quantitative estimate of drug-likeness (QED) is 0.127. The zero-order valence-electron chi connectivity index (χ0n) is 64.6. The molecule has 0 saturated heterocycles. The Morgan fingerprint density at radius 1 is 0.500 bits per heavy atom. The van der Waals surface area contributed by atoms with Gasteiger partial charge in [-0.05, 0) is 243 Å². The van der Waals surface area contributed by atoms with Gasteiger partial charge in [-0.25, -0.2) is 0 Å². The van der Waals surface area contributed by atoms with Gasteiger partial charge >= 0.3 is 0 Å². The standard InChI is InChI=1S/C14H28.C14H26.C14H24.C14H30.2C14H26/c3*1-10(2)12-8-7-11(3)9-13(12)14(4,5)6;3*1-12(2)8-7-9-13(3)10-11-14(4,5)6/h10-13H,7-9H2,1-6H3;11-13H,1,7-9H2,2-6H3;9,12-13H,1,7-8H2,2-6H3;12-13H,7-11H2,1-6H3;2*8,10H,7,9,11H2,1-6H3/b;;;;13-10+;13-10-. The molecule has 0 amide bonds. The molecule has 0 N–H and O–H groups in total. The lowest BCUT2D eigenvalue weighted by molar-refractivity contribution is 0.0538. The summed E-state index contributed by atoms with van der Waals surface area (Å²) in [5, 5.41) is 0. The van der Waals surface area contributed by atoms with Crippen LogP contribution >= 0.6 is 0 Å². The van der Waals surface area contributed by atoms with Gasteiger partial charge < -0.3 is 0 Å². The van der Waals surface area contributed by atoms with Gasteiger partial charge in [0.05, 0.1) is 0 Å². The number of rotatable bonds is 17. The highest BCUT2D eigenvalue weighted by Gasteiger charge is 2.38. The smallest absolute Gasteiger partial charge is 0.0117 e.